The maximum atomic E-state index is 12.4. The molecule has 28 heavy (non-hydrogen) atoms. The molecule has 0 aliphatic carbocycles. The molecule has 150 valence electrons. The largest absolute Gasteiger partial charge is 0.489 e. The molecular formula is C23H30N2O3. The van der Waals surface area contributed by atoms with E-state index >= 15 is 0 Å². The topological polar surface area (TPSA) is 59.9 Å². The Morgan fingerprint density at radius 2 is 1.71 bits per heavy atom. The number of hydrogen-bond donors (Lipinski definition) is 1. The van der Waals surface area contributed by atoms with Crippen molar-refractivity contribution < 1.29 is 14.4 Å². The van der Waals surface area contributed by atoms with Gasteiger partial charge in [0.1, 0.15) is 19.5 Å². The second-order valence-corrected chi connectivity index (χ2v) is 6.49. The molecule has 0 unspecified atom stereocenters. The van der Waals surface area contributed by atoms with Gasteiger partial charge >= 0.3 is 0 Å². The summed E-state index contributed by atoms with van der Waals surface area (Å²) in [6, 6.07) is 15.7. The highest BCUT2D eigenvalue weighted by atomic mass is 16.6. The quantitative estimate of drug-likeness (QED) is 0.354. The fraction of sp³-hybridized carbons (Fsp3) is 0.391. The van der Waals surface area contributed by atoms with Crippen LogP contribution in [0.15, 0.2) is 53.7 Å². The molecule has 5 heteroatoms. The van der Waals surface area contributed by atoms with Crippen LogP contribution in [0.5, 0.6) is 5.75 Å². The minimum absolute atomic E-state index is 0.250. The van der Waals surface area contributed by atoms with Crippen LogP contribution in [-0.4, -0.2) is 25.3 Å². The van der Waals surface area contributed by atoms with Crippen LogP contribution in [-0.2, 0) is 22.7 Å². The summed E-state index contributed by atoms with van der Waals surface area (Å²) in [6.07, 6.45) is 4.55. The van der Waals surface area contributed by atoms with E-state index in [1.165, 1.54) is 25.5 Å². The third kappa shape index (κ3) is 6.12. The summed E-state index contributed by atoms with van der Waals surface area (Å²) in [5.41, 5.74) is 3.05. The minimum atomic E-state index is -0.267. The Bertz CT molecular complexity index is 787. The molecule has 5 nitrogen and oxygen atoms in total. The van der Waals surface area contributed by atoms with Crippen LogP contribution in [0.25, 0.3) is 0 Å². The van der Waals surface area contributed by atoms with E-state index in [-0.39, 0.29) is 11.6 Å². The molecule has 0 bridgehead atoms. The number of hydrogen-bond acceptors (Lipinski definition) is 4. The molecule has 1 amide bonds. The van der Waals surface area contributed by atoms with Crippen LogP contribution in [0.4, 0.5) is 0 Å². The standard InChI is InChI=1S/C23H30N2O3/c1-4-6-7-12-18-13-9-11-16-21(18)28-17-19-14-8-10-15-20(19)22(25-27-3)23(26)24-5-2/h8-11,13-16H,4-7,12,17H2,1-3H3,(H,24,26)/b25-22+. The second-order valence-electron chi connectivity index (χ2n) is 6.49. The number of amides is 1. The second kappa shape index (κ2) is 11.8. The summed E-state index contributed by atoms with van der Waals surface area (Å²) in [4.78, 5) is 17.3. The van der Waals surface area contributed by atoms with E-state index in [9.17, 15) is 4.79 Å². The van der Waals surface area contributed by atoms with Gasteiger partial charge in [-0.2, -0.15) is 0 Å². The van der Waals surface area contributed by atoms with Crippen molar-refractivity contribution in [2.24, 2.45) is 5.16 Å². The molecule has 2 aromatic rings. The van der Waals surface area contributed by atoms with Crippen molar-refractivity contribution in [2.75, 3.05) is 13.7 Å². The van der Waals surface area contributed by atoms with Crippen molar-refractivity contribution in [3.05, 3.63) is 65.2 Å². The smallest absolute Gasteiger partial charge is 0.273 e. The van der Waals surface area contributed by atoms with Crippen LogP contribution in [0.1, 0.15) is 49.8 Å². The van der Waals surface area contributed by atoms with Gasteiger partial charge in [0.15, 0.2) is 5.71 Å². The zero-order chi connectivity index (χ0) is 20.2. The van der Waals surface area contributed by atoms with Gasteiger partial charge in [-0.15, -0.1) is 0 Å². The molecule has 0 aliphatic rings. The van der Waals surface area contributed by atoms with Gasteiger partial charge in [0.25, 0.3) is 5.91 Å². The first-order valence-corrected chi connectivity index (χ1v) is 9.89. The zero-order valence-electron chi connectivity index (χ0n) is 17.0. The molecule has 2 aromatic carbocycles. The van der Waals surface area contributed by atoms with Crippen LogP contribution < -0.4 is 10.1 Å². The Balaban J connectivity index is 2.20. The van der Waals surface area contributed by atoms with Crippen LogP contribution in [0, 0.1) is 0 Å². The van der Waals surface area contributed by atoms with Gasteiger partial charge in [0.2, 0.25) is 0 Å². The Hall–Kier alpha value is -2.82. The fourth-order valence-corrected chi connectivity index (χ4v) is 3.00. The molecule has 0 fully saturated rings. The molecule has 0 saturated heterocycles. The third-order valence-electron chi connectivity index (χ3n) is 4.41. The van der Waals surface area contributed by atoms with E-state index < -0.39 is 0 Å². The van der Waals surface area contributed by atoms with E-state index in [2.05, 4.69) is 23.5 Å². The van der Waals surface area contributed by atoms with Crippen LogP contribution in [0.2, 0.25) is 0 Å². The van der Waals surface area contributed by atoms with Crippen molar-refractivity contribution in [1.29, 1.82) is 0 Å². The van der Waals surface area contributed by atoms with Gasteiger partial charge in [-0.1, -0.05) is 67.4 Å². The lowest BCUT2D eigenvalue weighted by Gasteiger charge is -2.14. The summed E-state index contributed by atoms with van der Waals surface area (Å²) in [7, 11) is 1.44. The van der Waals surface area contributed by atoms with Gasteiger partial charge in [0.05, 0.1) is 0 Å². The number of carbonyl (C=O) groups excluding carboxylic acids is 1. The number of benzene rings is 2. The first-order valence-electron chi connectivity index (χ1n) is 9.89. The maximum absolute atomic E-state index is 12.4. The Labute approximate surface area is 167 Å². The van der Waals surface area contributed by atoms with Crippen molar-refractivity contribution >= 4 is 11.6 Å². The van der Waals surface area contributed by atoms with E-state index in [1.54, 1.807) is 0 Å². The minimum Gasteiger partial charge on any atom is -0.489 e. The molecule has 0 heterocycles. The molecule has 0 atom stereocenters. The number of nitrogens with one attached hydrogen (secondary N) is 1. The third-order valence-corrected chi connectivity index (χ3v) is 4.41. The molecule has 0 aromatic heterocycles. The fourth-order valence-electron chi connectivity index (χ4n) is 3.00. The average molecular weight is 383 g/mol. The number of carbonyl (C=O) groups is 1. The predicted octanol–water partition coefficient (Wildman–Crippen LogP) is 4.48. The van der Waals surface area contributed by atoms with Crippen molar-refractivity contribution in [2.45, 2.75) is 46.1 Å². The number of oxime groups is 1. The number of para-hydroxylation sites is 1. The Morgan fingerprint density at radius 3 is 2.43 bits per heavy atom. The van der Waals surface area contributed by atoms with Crippen molar-refractivity contribution in [1.82, 2.24) is 5.32 Å². The molecular weight excluding hydrogens is 352 g/mol. The highest BCUT2D eigenvalue weighted by Crippen LogP contribution is 2.22. The first kappa shape index (κ1) is 21.5. The average Bonchev–Trinajstić information content (AvgIpc) is 2.72. The van der Waals surface area contributed by atoms with Crippen LogP contribution >= 0.6 is 0 Å². The van der Waals surface area contributed by atoms with Gasteiger partial charge in [-0.25, -0.2) is 0 Å². The number of nitrogens with zero attached hydrogens (tertiary/aromatic N) is 1. The molecule has 0 radical (unpaired) electrons. The first-order chi connectivity index (χ1) is 13.7. The Morgan fingerprint density at radius 1 is 1.00 bits per heavy atom. The van der Waals surface area contributed by atoms with Gasteiger partial charge in [0, 0.05) is 12.1 Å². The lowest BCUT2D eigenvalue weighted by molar-refractivity contribution is -0.114. The molecule has 0 aliphatic heterocycles. The molecule has 0 spiro atoms. The summed E-state index contributed by atoms with van der Waals surface area (Å²) in [6.45, 7) is 4.94. The molecule has 1 N–H and O–H groups in total. The molecule has 2 rings (SSSR count). The summed E-state index contributed by atoms with van der Waals surface area (Å²) in [5.74, 6) is 0.619. The SMILES string of the molecule is CCCCCc1ccccc1OCc1ccccc1/C(=N\OC)C(=O)NCC. The summed E-state index contributed by atoms with van der Waals surface area (Å²) < 4.78 is 6.14. The van der Waals surface area contributed by atoms with Crippen LogP contribution in [0.3, 0.4) is 0 Å². The maximum Gasteiger partial charge on any atom is 0.273 e. The normalized spacial score (nSPS) is 11.2. The number of unbranched alkanes of at least 4 members (excludes halogenated alkanes) is 2. The summed E-state index contributed by atoms with van der Waals surface area (Å²) in [5, 5.41) is 6.72. The number of rotatable bonds is 11. The van der Waals surface area contributed by atoms with Gasteiger partial charge in [-0.3, -0.25) is 4.79 Å². The lowest BCUT2D eigenvalue weighted by atomic mass is 10.0. The highest BCUT2D eigenvalue weighted by Gasteiger charge is 2.18. The van der Waals surface area contributed by atoms with Gasteiger partial charge < -0.3 is 14.9 Å². The van der Waals surface area contributed by atoms with E-state index in [4.69, 9.17) is 9.57 Å². The lowest BCUT2D eigenvalue weighted by Crippen LogP contribution is -2.32. The number of ether oxygens (including phenoxy) is 1. The Kier molecular flexibility index (Phi) is 9.05. The predicted molar refractivity (Wildman–Crippen MR) is 113 cm³/mol. The summed E-state index contributed by atoms with van der Waals surface area (Å²) >= 11 is 0. The monoisotopic (exact) mass is 382 g/mol. The van der Waals surface area contributed by atoms with E-state index in [0.29, 0.717) is 18.7 Å². The molecule has 0 saturated carbocycles. The van der Waals surface area contributed by atoms with E-state index in [0.717, 1.165) is 24.2 Å². The van der Waals surface area contributed by atoms with E-state index in [1.807, 2.05) is 49.4 Å². The highest BCUT2D eigenvalue weighted by molar-refractivity contribution is 6.45. The number of likely N-dealkylation sites (N-methyl/N-ethyl adjacent to an activating group) is 1. The zero-order valence-corrected chi connectivity index (χ0v) is 17.0. The van der Waals surface area contributed by atoms with Gasteiger partial charge in [-0.05, 0) is 37.0 Å². The number of aryl methyl sites for hydroxylation is 1. The van der Waals surface area contributed by atoms with Crippen molar-refractivity contribution in [3.8, 4) is 5.75 Å². The van der Waals surface area contributed by atoms with Crippen molar-refractivity contribution in [3.63, 3.8) is 0 Å².